The van der Waals surface area contributed by atoms with Gasteiger partial charge in [-0.1, -0.05) is 320 Å². The fraction of sp³-hybridized carbons (Fsp3) is 0.106. The van der Waals surface area contributed by atoms with Crippen molar-refractivity contribution >= 4 is 129 Å². The Morgan fingerprint density at radius 2 is 0.415 bits per heavy atom. The zero-order valence-corrected chi connectivity index (χ0v) is 55.9. The van der Waals surface area contributed by atoms with Crippen molar-refractivity contribution in [2.24, 2.45) is 0 Å². The maximum atomic E-state index is 2.30. The lowest BCUT2D eigenvalue weighted by molar-refractivity contribution is 1.37. The van der Waals surface area contributed by atoms with Crippen LogP contribution in [0, 0.1) is 69.2 Å². The number of fused-ring (bicyclic) bond motifs is 18. The Bertz CT molecular complexity index is 5830. The lowest BCUT2D eigenvalue weighted by atomic mass is 9.96. The standard InChI is InChI=1S/4C16H14.2C15H12/c1-11-6-5-9-15-14-8-4-3-7-13(14)12(2)10-16(11)15;1-11-6-9-15-14(10-11)8-7-13-5-3-4-12(2)16(13)15;1-11-9-14-8-7-13-5-3-4-6-15(13)16(14)10-12(11)2;1-11-7-8-15-14-6-4-3-5-13(14)10-12(2)16(15)9-11;1-11-5-4-8-15-13(11)10-9-12-6-2-3-7-14(12)15;1-11-6-9-15-13(10-11)8-7-12-4-2-3-5-14(12)15/h4*3-10H,1-2H3;2*2-10H,1H3. The normalized spacial score (nSPS) is 11.1. The van der Waals surface area contributed by atoms with E-state index in [1.807, 2.05) is 0 Å². The van der Waals surface area contributed by atoms with E-state index in [9.17, 15) is 0 Å². The fourth-order valence-electron chi connectivity index (χ4n) is 13.9. The molecule has 94 heavy (non-hydrogen) atoms. The molecule has 0 radical (unpaired) electrons. The van der Waals surface area contributed by atoms with Gasteiger partial charge in [-0.2, -0.15) is 0 Å². The Hall–Kier alpha value is -10.9. The minimum Gasteiger partial charge on any atom is -0.0616 e. The average Bonchev–Trinajstić information content (AvgIpc) is 0.849. The highest BCUT2D eigenvalue weighted by molar-refractivity contribution is 6.13. The SMILES string of the molecule is Cc1cc2c(C)cccc2c2ccccc12.Cc1cc2ccc3ccccc3c2cc1C.Cc1ccc2c(c1)c(C)cc1ccccc12.Cc1ccc2c(ccc3cccc(C)c32)c1.Cc1ccc2c(ccc3ccccc32)c1.Cc1cccc2c1ccc1ccccc12. The molecule has 18 rings (SSSR count). The van der Waals surface area contributed by atoms with Crippen LogP contribution in [0.1, 0.15) is 55.6 Å². The molecule has 0 spiro atoms. The Labute approximate surface area is 554 Å². The maximum Gasteiger partial charge on any atom is -0.00761 e. The summed E-state index contributed by atoms with van der Waals surface area (Å²) in [5.41, 5.74) is 13.5. The summed E-state index contributed by atoms with van der Waals surface area (Å²) in [7, 11) is 0. The van der Waals surface area contributed by atoms with E-state index >= 15 is 0 Å². The van der Waals surface area contributed by atoms with Crippen LogP contribution in [0.5, 0.6) is 0 Å². The Morgan fingerprint density at radius 3 is 1.04 bits per heavy atom. The highest BCUT2D eigenvalue weighted by Crippen LogP contribution is 2.34. The van der Waals surface area contributed by atoms with E-state index < -0.39 is 0 Å². The Kier molecular flexibility index (Phi) is 17.9. The minimum absolute atomic E-state index is 1.31. The zero-order chi connectivity index (χ0) is 65.0. The summed E-state index contributed by atoms with van der Waals surface area (Å²) in [4.78, 5) is 0. The first-order valence-electron chi connectivity index (χ1n) is 33.0. The van der Waals surface area contributed by atoms with Gasteiger partial charge in [-0.15, -0.1) is 0 Å². The quantitative estimate of drug-likeness (QED) is 0.133. The van der Waals surface area contributed by atoms with E-state index in [0.717, 1.165) is 0 Å². The van der Waals surface area contributed by atoms with Gasteiger partial charge in [-0.25, -0.2) is 0 Å². The van der Waals surface area contributed by atoms with Crippen molar-refractivity contribution in [3.63, 3.8) is 0 Å². The summed E-state index contributed by atoms with van der Waals surface area (Å²) < 4.78 is 0. The molecule has 0 aliphatic carbocycles. The van der Waals surface area contributed by atoms with Gasteiger partial charge in [0.15, 0.2) is 0 Å². The van der Waals surface area contributed by atoms with Crippen molar-refractivity contribution < 1.29 is 0 Å². The molecule has 456 valence electrons. The van der Waals surface area contributed by atoms with E-state index in [4.69, 9.17) is 0 Å². The second kappa shape index (κ2) is 27.1. The zero-order valence-electron chi connectivity index (χ0n) is 55.9. The maximum absolute atomic E-state index is 2.30. The summed E-state index contributed by atoms with van der Waals surface area (Å²) in [6.45, 7) is 21.7. The van der Waals surface area contributed by atoms with Crippen LogP contribution in [0.3, 0.4) is 0 Å². The topological polar surface area (TPSA) is 0 Å². The first-order chi connectivity index (χ1) is 45.7. The number of rotatable bonds is 0. The molecule has 0 bridgehead atoms. The highest BCUT2D eigenvalue weighted by Gasteiger charge is 2.09. The van der Waals surface area contributed by atoms with Crippen molar-refractivity contribution in [1.29, 1.82) is 0 Å². The largest absolute Gasteiger partial charge is 0.0616 e. The molecule has 18 aromatic rings. The van der Waals surface area contributed by atoms with Gasteiger partial charge in [0.1, 0.15) is 0 Å². The lowest BCUT2D eigenvalue weighted by Crippen LogP contribution is -1.84. The minimum atomic E-state index is 1.31. The first-order valence-corrected chi connectivity index (χ1v) is 33.0. The Balaban J connectivity index is 0.000000102. The molecule has 0 N–H and O–H groups in total. The molecule has 0 heterocycles. The number of hydrogen-bond donors (Lipinski definition) is 0. The molecule has 0 nitrogen and oxygen atoms in total. The third kappa shape index (κ3) is 12.9. The van der Waals surface area contributed by atoms with Crippen LogP contribution in [0.4, 0.5) is 0 Å². The van der Waals surface area contributed by atoms with Crippen LogP contribution in [-0.4, -0.2) is 0 Å². The van der Waals surface area contributed by atoms with Crippen LogP contribution in [0.2, 0.25) is 0 Å². The van der Waals surface area contributed by atoms with Crippen LogP contribution in [0.15, 0.2) is 303 Å². The van der Waals surface area contributed by atoms with Crippen LogP contribution < -0.4 is 0 Å². The number of benzene rings is 18. The van der Waals surface area contributed by atoms with Crippen molar-refractivity contribution in [2.45, 2.75) is 69.2 Å². The van der Waals surface area contributed by atoms with Gasteiger partial charge in [0, 0.05) is 0 Å². The lowest BCUT2D eigenvalue weighted by Gasteiger charge is -2.09. The molecule has 0 unspecified atom stereocenters. The van der Waals surface area contributed by atoms with E-state index in [1.54, 1.807) is 0 Å². The third-order valence-corrected chi connectivity index (χ3v) is 19.0. The molecule has 0 fully saturated rings. The van der Waals surface area contributed by atoms with E-state index in [2.05, 4.69) is 373 Å². The van der Waals surface area contributed by atoms with E-state index in [-0.39, 0.29) is 0 Å². The highest BCUT2D eigenvalue weighted by atomic mass is 14.1. The molecule has 0 heteroatoms. The summed E-state index contributed by atoms with van der Waals surface area (Å²) >= 11 is 0. The van der Waals surface area contributed by atoms with Gasteiger partial charge in [0.2, 0.25) is 0 Å². The molecule has 0 aliphatic heterocycles. The number of aryl methyl sites for hydroxylation is 10. The van der Waals surface area contributed by atoms with E-state index in [1.165, 1.54) is 185 Å². The summed E-state index contributed by atoms with van der Waals surface area (Å²) in [6, 6.07) is 109. The van der Waals surface area contributed by atoms with Gasteiger partial charge in [0.05, 0.1) is 0 Å². The first kappa shape index (κ1) is 61.9. The fourth-order valence-corrected chi connectivity index (χ4v) is 13.9. The molecule has 0 atom stereocenters. The molecule has 0 saturated heterocycles. The average molecular weight is 1210 g/mol. The Morgan fingerprint density at radius 1 is 0.128 bits per heavy atom. The second-order valence-electron chi connectivity index (χ2n) is 25.7. The van der Waals surface area contributed by atoms with Crippen LogP contribution in [0.25, 0.3) is 129 Å². The second-order valence-corrected chi connectivity index (χ2v) is 25.7. The van der Waals surface area contributed by atoms with Crippen molar-refractivity contribution in [1.82, 2.24) is 0 Å². The predicted octanol–water partition coefficient (Wildman–Crippen LogP) is 27.0. The molecule has 0 saturated carbocycles. The van der Waals surface area contributed by atoms with Gasteiger partial charge < -0.3 is 0 Å². The van der Waals surface area contributed by atoms with Crippen molar-refractivity contribution in [3.05, 3.63) is 359 Å². The van der Waals surface area contributed by atoms with Gasteiger partial charge in [-0.05, 0) is 237 Å². The monoisotopic (exact) mass is 1210 g/mol. The van der Waals surface area contributed by atoms with Gasteiger partial charge >= 0.3 is 0 Å². The summed E-state index contributed by atoms with van der Waals surface area (Å²) in [6.07, 6.45) is 0. The van der Waals surface area contributed by atoms with Crippen molar-refractivity contribution in [2.75, 3.05) is 0 Å². The smallest absolute Gasteiger partial charge is 0.00761 e. The van der Waals surface area contributed by atoms with Crippen LogP contribution >= 0.6 is 0 Å². The van der Waals surface area contributed by atoms with Crippen LogP contribution in [-0.2, 0) is 0 Å². The predicted molar refractivity (Wildman–Crippen MR) is 416 cm³/mol. The summed E-state index contributed by atoms with van der Waals surface area (Å²) in [5.74, 6) is 0. The molecule has 0 aromatic heterocycles. The van der Waals surface area contributed by atoms with Gasteiger partial charge in [-0.3, -0.25) is 0 Å². The third-order valence-electron chi connectivity index (χ3n) is 19.0. The van der Waals surface area contributed by atoms with Crippen molar-refractivity contribution in [3.8, 4) is 0 Å². The molecular formula is C94H80. The van der Waals surface area contributed by atoms with E-state index in [0.29, 0.717) is 0 Å². The molecule has 0 amide bonds. The molecule has 0 aliphatic rings. The summed E-state index contributed by atoms with van der Waals surface area (Å²) in [5, 5.41) is 32.4. The number of hydrogen-bond acceptors (Lipinski definition) is 0. The molecular weight excluding hydrogens is 1130 g/mol. The van der Waals surface area contributed by atoms with Gasteiger partial charge in [0.25, 0.3) is 0 Å². The molecule has 18 aromatic carbocycles.